The van der Waals surface area contributed by atoms with Crippen LogP contribution in [0.3, 0.4) is 0 Å². The molecule has 0 unspecified atom stereocenters. The van der Waals surface area contributed by atoms with Gasteiger partial charge in [-0.25, -0.2) is 4.79 Å². The monoisotopic (exact) mass is 366 g/mol. The Bertz CT molecular complexity index is 543. The molecule has 23 heavy (non-hydrogen) atoms. The smallest absolute Gasteiger partial charge is 0.389 e. The van der Waals surface area contributed by atoms with Crippen LogP contribution in [0.4, 0.5) is 0 Å². The Morgan fingerprint density at radius 3 is 2.22 bits per heavy atom. The second-order valence-corrected chi connectivity index (χ2v) is 7.75. The maximum Gasteiger partial charge on any atom is 0.389 e. The molecule has 1 heterocycles. The number of rotatable bonds is 11. The van der Waals surface area contributed by atoms with E-state index in [1.807, 2.05) is 0 Å². The lowest BCUT2D eigenvalue weighted by Gasteiger charge is -2.36. The van der Waals surface area contributed by atoms with Crippen LogP contribution in [-0.4, -0.2) is 44.0 Å². The van der Waals surface area contributed by atoms with E-state index < -0.39 is 19.1 Å². The zero-order valence-corrected chi connectivity index (χ0v) is 15.4. The first-order valence-corrected chi connectivity index (χ1v) is 9.60. The van der Waals surface area contributed by atoms with E-state index >= 15 is 0 Å². The minimum Gasteiger partial charge on any atom is -0.478 e. The SMILES string of the molecule is CCOP(=O)(OCC)C(CCc1cc(C(=O)O)cs1)(OC)OC. The van der Waals surface area contributed by atoms with Gasteiger partial charge in [-0.1, -0.05) is 0 Å². The lowest BCUT2D eigenvalue weighted by molar-refractivity contribution is -0.163. The van der Waals surface area contributed by atoms with Gasteiger partial charge in [0.1, 0.15) is 0 Å². The quantitative estimate of drug-likeness (QED) is 0.473. The van der Waals surface area contributed by atoms with Crippen LogP contribution < -0.4 is 0 Å². The lowest BCUT2D eigenvalue weighted by atomic mass is 10.2. The van der Waals surface area contributed by atoms with E-state index in [1.165, 1.54) is 25.6 Å². The first kappa shape index (κ1) is 20.3. The molecular weight excluding hydrogens is 343 g/mol. The average Bonchev–Trinajstić information content (AvgIpc) is 2.98. The van der Waals surface area contributed by atoms with Gasteiger partial charge >= 0.3 is 13.6 Å². The van der Waals surface area contributed by atoms with Gasteiger partial charge in [0.15, 0.2) is 0 Å². The van der Waals surface area contributed by atoms with Crippen molar-refractivity contribution in [1.29, 1.82) is 0 Å². The number of thiophene rings is 1. The van der Waals surface area contributed by atoms with Crippen molar-refractivity contribution < 1.29 is 33.0 Å². The molecule has 132 valence electrons. The summed E-state index contributed by atoms with van der Waals surface area (Å²) >= 11 is 1.31. The Hall–Kier alpha value is -0.760. The van der Waals surface area contributed by atoms with Gasteiger partial charge in [-0.2, -0.15) is 0 Å². The van der Waals surface area contributed by atoms with Crippen LogP contribution in [-0.2, 0) is 29.5 Å². The highest BCUT2D eigenvalue weighted by molar-refractivity contribution is 7.55. The second-order valence-electron chi connectivity index (χ2n) is 4.56. The zero-order chi connectivity index (χ0) is 17.5. The normalized spacial score (nSPS) is 12.5. The molecule has 0 radical (unpaired) electrons. The van der Waals surface area contributed by atoms with E-state index in [9.17, 15) is 9.36 Å². The predicted octanol–water partition coefficient (Wildman–Crippen LogP) is 3.59. The maximum atomic E-state index is 13.0. The third-order valence-corrected chi connectivity index (χ3v) is 6.86. The van der Waals surface area contributed by atoms with Crippen molar-refractivity contribution in [2.45, 2.75) is 32.2 Å². The van der Waals surface area contributed by atoms with Gasteiger partial charge in [-0.3, -0.25) is 4.57 Å². The van der Waals surface area contributed by atoms with Crippen molar-refractivity contribution in [3.63, 3.8) is 0 Å². The molecule has 0 atom stereocenters. The fourth-order valence-electron chi connectivity index (χ4n) is 2.13. The Labute approximate surface area is 140 Å². The summed E-state index contributed by atoms with van der Waals surface area (Å²) in [5, 5.41) is 10.5. The summed E-state index contributed by atoms with van der Waals surface area (Å²) in [6.45, 7) is 3.79. The number of aryl methyl sites for hydroxylation is 1. The molecule has 0 saturated carbocycles. The Morgan fingerprint density at radius 2 is 1.83 bits per heavy atom. The Balaban J connectivity index is 2.98. The highest BCUT2D eigenvalue weighted by atomic mass is 32.1. The van der Waals surface area contributed by atoms with E-state index in [1.54, 1.807) is 25.3 Å². The van der Waals surface area contributed by atoms with E-state index in [0.29, 0.717) is 6.42 Å². The van der Waals surface area contributed by atoms with Gasteiger partial charge in [-0.05, 0) is 26.3 Å². The first-order valence-electron chi connectivity index (χ1n) is 7.18. The van der Waals surface area contributed by atoms with E-state index in [0.717, 1.165) is 4.88 Å². The van der Waals surface area contributed by atoms with Crippen LogP contribution in [0.1, 0.15) is 35.5 Å². The second kappa shape index (κ2) is 8.92. The molecule has 0 amide bonds. The van der Waals surface area contributed by atoms with Crippen molar-refractivity contribution >= 4 is 24.9 Å². The van der Waals surface area contributed by atoms with Crippen molar-refractivity contribution in [2.24, 2.45) is 0 Å². The average molecular weight is 366 g/mol. The molecule has 0 fully saturated rings. The molecule has 0 aliphatic carbocycles. The van der Waals surface area contributed by atoms with Crippen molar-refractivity contribution in [3.05, 3.63) is 21.9 Å². The van der Waals surface area contributed by atoms with Crippen LogP contribution in [0.5, 0.6) is 0 Å². The zero-order valence-electron chi connectivity index (χ0n) is 13.7. The molecular formula is C14H23O7PS. The molecule has 0 aliphatic rings. The molecule has 1 N–H and O–H groups in total. The highest BCUT2D eigenvalue weighted by Crippen LogP contribution is 2.62. The number of aromatic carboxylic acids is 1. The van der Waals surface area contributed by atoms with Crippen molar-refractivity contribution in [2.75, 3.05) is 27.4 Å². The third-order valence-electron chi connectivity index (χ3n) is 3.24. The molecule has 0 spiro atoms. The van der Waals surface area contributed by atoms with Gasteiger partial charge in [0, 0.05) is 30.9 Å². The minimum absolute atomic E-state index is 0.188. The molecule has 9 heteroatoms. The highest BCUT2D eigenvalue weighted by Gasteiger charge is 2.52. The largest absolute Gasteiger partial charge is 0.478 e. The summed E-state index contributed by atoms with van der Waals surface area (Å²) in [7, 11) is -0.905. The fraction of sp³-hybridized carbons (Fsp3) is 0.643. The summed E-state index contributed by atoms with van der Waals surface area (Å²) < 4.78 is 34.5. The summed E-state index contributed by atoms with van der Waals surface area (Å²) in [6, 6.07) is 1.58. The number of methoxy groups -OCH3 is 2. The number of hydrogen-bond donors (Lipinski definition) is 1. The summed E-state index contributed by atoms with van der Waals surface area (Å²) in [4.78, 5) is 11.7. The van der Waals surface area contributed by atoms with Crippen LogP contribution in [0.15, 0.2) is 11.4 Å². The van der Waals surface area contributed by atoms with Gasteiger partial charge in [-0.15, -0.1) is 11.3 Å². The standard InChI is InChI=1S/C14H23O7PS/c1-5-20-22(17,21-6-2)14(18-3,19-4)8-7-12-9-11(10-23-12)13(15)16/h9-10H,5-8H2,1-4H3,(H,15,16). The molecule has 0 saturated heterocycles. The number of carboxylic acid groups (broad SMARTS) is 1. The Morgan fingerprint density at radius 1 is 1.26 bits per heavy atom. The molecule has 0 aliphatic heterocycles. The van der Waals surface area contributed by atoms with E-state index in [-0.39, 0.29) is 25.2 Å². The molecule has 7 nitrogen and oxygen atoms in total. The number of hydrogen-bond acceptors (Lipinski definition) is 7. The number of carboxylic acids is 1. The maximum absolute atomic E-state index is 13.0. The number of carbonyl (C=O) groups is 1. The van der Waals surface area contributed by atoms with Gasteiger partial charge in [0.25, 0.3) is 5.53 Å². The summed E-state index contributed by atoms with van der Waals surface area (Å²) in [6.07, 6.45) is 0.626. The predicted molar refractivity (Wildman–Crippen MR) is 87.2 cm³/mol. The summed E-state index contributed by atoms with van der Waals surface area (Å²) in [5.41, 5.74) is -1.31. The number of ether oxygens (including phenoxy) is 2. The lowest BCUT2D eigenvalue weighted by Crippen LogP contribution is -2.36. The topological polar surface area (TPSA) is 91.3 Å². The molecule has 0 aromatic carbocycles. The Kier molecular flexibility index (Phi) is 7.86. The minimum atomic E-state index is -3.67. The van der Waals surface area contributed by atoms with Gasteiger partial charge in [0.05, 0.1) is 18.8 Å². The molecule has 1 aromatic heterocycles. The molecule has 1 aromatic rings. The first-order chi connectivity index (χ1) is 10.9. The molecule has 0 bridgehead atoms. The third kappa shape index (κ3) is 4.62. The van der Waals surface area contributed by atoms with Crippen molar-refractivity contribution in [3.8, 4) is 0 Å². The summed E-state index contributed by atoms with van der Waals surface area (Å²) in [5.74, 6) is -0.980. The van der Waals surface area contributed by atoms with E-state index in [4.69, 9.17) is 23.6 Å². The van der Waals surface area contributed by atoms with E-state index in [2.05, 4.69) is 0 Å². The molecule has 1 rings (SSSR count). The fourth-order valence-corrected chi connectivity index (χ4v) is 4.97. The van der Waals surface area contributed by atoms with Gasteiger partial charge in [0.2, 0.25) is 0 Å². The van der Waals surface area contributed by atoms with Gasteiger partial charge < -0.3 is 23.6 Å². The van der Waals surface area contributed by atoms with Crippen molar-refractivity contribution in [1.82, 2.24) is 0 Å². The van der Waals surface area contributed by atoms with Crippen LogP contribution in [0, 0.1) is 0 Å². The van der Waals surface area contributed by atoms with Crippen LogP contribution >= 0.6 is 18.9 Å². The van der Waals surface area contributed by atoms with Crippen LogP contribution in [0.25, 0.3) is 0 Å². The van der Waals surface area contributed by atoms with Crippen LogP contribution in [0.2, 0.25) is 0 Å².